The molecular formula is C9H21O5Si4. The van der Waals surface area contributed by atoms with Crippen molar-refractivity contribution in [2.24, 2.45) is 0 Å². The highest BCUT2D eigenvalue weighted by atomic mass is 28.5. The summed E-state index contributed by atoms with van der Waals surface area (Å²) in [6.07, 6.45) is 5.04. The third-order valence-corrected chi connectivity index (χ3v) is 13.5. The second-order valence-electron chi connectivity index (χ2n) is 4.77. The maximum atomic E-state index is 6.15. The quantitative estimate of drug-likeness (QED) is 0.728. The van der Waals surface area contributed by atoms with Crippen LogP contribution in [0.5, 0.6) is 0 Å². The van der Waals surface area contributed by atoms with Crippen LogP contribution in [0.1, 0.15) is 25.7 Å². The van der Waals surface area contributed by atoms with Crippen molar-refractivity contribution in [3.8, 4) is 0 Å². The largest absolute Gasteiger partial charge is 0.479 e. The average Bonchev–Trinajstić information content (AvgIpc) is 2.65. The summed E-state index contributed by atoms with van der Waals surface area (Å²) in [5, 5.41) is 0. The van der Waals surface area contributed by atoms with Gasteiger partial charge in [0.15, 0.2) is 0 Å². The lowest BCUT2D eigenvalue weighted by Crippen LogP contribution is -2.56. The normalized spacial score (nSPS) is 29.3. The van der Waals surface area contributed by atoms with E-state index in [0.29, 0.717) is 6.10 Å². The van der Waals surface area contributed by atoms with Gasteiger partial charge in [-0.3, -0.25) is 0 Å². The molecule has 1 saturated carbocycles. The van der Waals surface area contributed by atoms with E-state index in [0.717, 1.165) is 12.8 Å². The highest BCUT2D eigenvalue weighted by molar-refractivity contribution is 6.77. The minimum absolute atomic E-state index is 0.303. The average molecular weight is 322 g/mol. The SMILES string of the molecule is C[Si]1O[Si](C)O[Si](C)(OC2CCCC2)O[Si](C)O1. The molecule has 0 spiro atoms. The predicted molar refractivity (Wildman–Crippen MR) is 74.2 cm³/mol. The first-order valence-electron chi connectivity index (χ1n) is 6.39. The molecule has 18 heavy (non-hydrogen) atoms. The van der Waals surface area contributed by atoms with Crippen LogP contribution in [0.3, 0.4) is 0 Å². The first-order chi connectivity index (χ1) is 8.47. The summed E-state index contributed by atoms with van der Waals surface area (Å²) >= 11 is 0. The van der Waals surface area contributed by atoms with Gasteiger partial charge in [0.05, 0.1) is 0 Å². The van der Waals surface area contributed by atoms with Crippen LogP contribution in [-0.2, 0) is 20.9 Å². The van der Waals surface area contributed by atoms with Crippen LogP contribution in [0.15, 0.2) is 0 Å². The van der Waals surface area contributed by atoms with Crippen molar-refractivity contribution in [3.05, 3.63) is 0 Å². The fraction of sp³-hybridized carbons (Fsp3) is 1.00. The van der Waals surface area contributed by atoms with Crippen LogP contribution in [0.25, 0.3) is 0 Å². The second kappa shape index (κ2) is 6.41. The van der Waals surface area contributed by atoms with Crippen LogP contribution in [0, 0.1) is 0 Å². The van der Waals surface area contributed by atoms with Crippen molar-refractivity contribution in [1.29, 1.82) is 0 Å². The van der Waals surface area contributed by atoms with Gasteiger partial charge in [0, 0.05) is 12.7 Å². The van der Waals surface area contributed by atoms with Gasteiger partial charge in [-0.05, 0) is 32.5 Å². The van der Waals surface area contributed by atoms with Crippen LogP contribution in [0.4, 0.5) is 0 Å². The van der Waals surface area contributed by atoms with E-state index in [9.17, 15) is 0 Å². The van der Waals surface area contributed by atoms with Crippen LogP contribution in [-0.4, -0.2) is 42.8 Å². The molecule has 2 fully saturated rings. The van der Waals surface area contributed by atoms with Gasteiger partial charge in [0.2, 0.25) is 0 Å². The summed E-state index contributed by atoms with van der Waals surface area (Å²) in [4.78, 5) is 0. The summed E-state index contributed by atoms with van der Waals surface area (Å²) < 4.78 is 29.8. The van der Waals surface area contributed by atoms with Gasteiger partial charge in [0.1, 0.15) is 0 Å². The number of hydrogen-bond acceptors (Lipinski definition) is 5. The fourth-order valence-corrected chi connectivity index (χ4v) is 13.2. The molecule has 0 N–H and O–H groups in total. The zero-order valence-electron chi connectivity index (χ0n) is 11.4. The van der Waals surface area contributed by atoms with Crippen molar-refractivity contribution >= 4 is 36.7 Å². The molecule has 0 amide bonds. The Morgan fingerprint density at radius 3 is 1.94 bits per heavy atom. The Kier molecular flexibility index (Phi) is 5.37. The highest BCUT2D eigenvalue weighted by Crippen LogP contribution is 2.27. The zero-order chi connectivity index (χ0) is 13.2. The van der Waals surface area contributed by atoms with Crippen LogP contribution in [0.2, 0.25) is 26.2 Å². The Bertz CT molecular complexity index is 262. The fourth-order valence-electron chi connectivity index (χ4n) is 2.37. The molecule has 1 heterocycles. The van der Waals surface area contributed by atoms with Crippen molar-refractivity contribution < 1.29 is 20.9 Å². The van der Waals surface area contributed by atoms with Crippen molar-refractivity contribution in [3.63, 3.8) is 0 Å². The summed E-state index contributed by atoms with van der Waals surface area (Å²) in [6, 6.07) is 0. The smallest absolute Gasteiger partial charge is 0.414 e. The van der Waals surface area contributed by atoms with E-state index in [1.54, 1.807) is 0 Å². The van der Waals surface area contributed by atoms with E-state index in [1.807, 2.05) is 26.2 Å². The van der Waals surface area contributed by atoms with E-state index in [4.69, 9.17) is 20.9 Å². The molecule has 9 heteroatoms. The molecule has 103 valence electrons. The molecule has 1 aliphatic heterocycles. The van der Waals surface area contributed by atoms with Crippen molar-refractivity contribution in [1.82, 2.24) is 0 Å². The monoisotopic (exact) mass is 321 g/mol. The minimum Gasteiger partial charge on any atom is -0.414 e. The third kappa shape index (κ3) is 4.35. The maximum Gasteiger partial charge on any atom is 0.479 e. The van der Waals surface area contributed by atoms with E-state index < -0.39 is 36.7 Å². The lowest BCUT2D eigenvalue weighted by Gasteiger charge is -2.35. The van der Waals surface area contributed by atoms with Crippen LogP contribution >= 0.6 is 0 Å². The van der Waals surface area contributed by atoms with Gasteiger partial charge in [0.25, 0.3) is 0 Å². The van der Waals surface area contributed by atoms with Crippen molar-refractivity contribution in [2.75, 3.05) is 0 Å². The standard InChI is InChI=1S/C9H21O5Si4/c1-15-11-16(2)13-18(4,14-17(3)12-15)10-9-7-5-6-8-9/h9H,5-8H2,1-4H3. The summed E-state index contributed by atoms with van der Waals surface area (Å²) in [5.41, 5.74) is 0. The lowest BCUT2D eigenvalue weighted by atomic mass is 10.3. The van der Waals surface area contributed by atoms with Gasteiger partial charge in [-0.1, -0.05) is 12.8 Å². The third-order valence-electron chi connectivity index (χ3n) is 2.92. The van der Waals surface area contributed by atoms with Gasteiger partial charge >= 0.3 is 36.7 Å². The molecule has 2 aliphatic rings. The van der Waals surface area contributed by atoms with E-state index in [-0.39, 0.29) is 0 Å². The highest BCUT2D eigenvalue weighted by Gasteiger charge is 2.45. The van der Waals surface area contributed by atoms with Gasteiger partial charge in [-0.15, -0.1) is 0 Å². The molecule has 0 aromatic heterocycles. The van der Waals surface area contributed by atoms with Crippen LogP contribution < -0.4 is 0 Å². The van der Waals surface area contributed by atoms with Crippen molar-refractivity contribution in [2.45, 2.75) is 58.0 Å². The molecule has 3 radical (unpaired) electrons. The van der Waals surface area contributed by atoms with Gasteiger partial charge < -0.3 is 20.9 Å². The molecule has 0 aromatic rings. The van der Waals surface area contributed by atoms with E-state index in [1.165, 1.54) is 12.8 Å². The summed E-state index contributed by atoms with van der Waals surface area (Å²) in [6.45, 7) is 7.94. The number of hydrogen-bond donors (Lipinski definition) is 0. The van der Waals surface area contributed by atoms with Gasteiger partial charge in [-0.2, -0.15) is 0 Å². The summed E-state index contributed by atoms with van der Waals surface area (Å²) in [5.74, 6) is 0. The Labute approximate surface area is 116 Å². The molecule has 1 aliphatic carbocycles. The Morgan fingerprint density at radius 2 is 1.44 bits per heavy atom. The van der Waals surface area contributed by atoms with E-state index >= 15 is 0 Å². The Balaban J connectivity index is 1.98. The predicted octanol–water partition coefficient (Wildman–Crippen LogP) is 1.95. The molecule has 2 rings (SSSR count). The lowest BCUT2D eigenvalue weighted by molar-refractivity contribution is 0.0951. The molecule has 0 atom stereocenters. The molecule has 0 bridgehead atoms. The maximum absolute atomic E-state index is 6.15. The molecular weight excluding hydrogens is 300 g/mol. The first kappa shape index (κ1) is 15.1. The first-order valence-corrected chi connectivity index (χ1v) is 14.1. The minimum atomic E-state index is -2.58. The second-order valence-corrected chi connectivity index (χ2v) is 12.9. The van der Waals surface area contributed by atoms with E-state index in [2.05, 4.69) is 0 Å². The number of rotatable bonds is 2. The molecule has 0 unspecified atom stereocenters. The molecule has 5 nitrogen and oxygen atoms in total. The molecule has 1 saturated heterocycles. The topological polar surface area (TPSA) is 46.2 Å². The van der Waals surface area contributed by atoms with Gasteiger partial charge in [-0.25, -0.2) is 0 Å². The Morgan fingerprint density at radius 1 is 0.944 bits per heavy atom. The summed E-state index contributed by atoms with van der Waals surface area (Å²) in [7, 11) is -6.45. The zero-order valence-corrected chi connectivity index (χ0v) is 15.4. The molecule has 0 aromatic carbocycles. The Hall–Kier alpha value is 0.668.